The van der Waals surface area contributed by atoms with Gasteiger partial charge >= 0.3 is 0 Å². The van der Waals surface area contributed by atoms with Crippen molar-refractivity contribution in [1.82, 2.24) is 10.3 Å². The summed E-state index contributed by atoms with van der Waals surface area (Å²) in [7, 11) is 0. The summed E-state index contributed by atoms with van der Waals surface area (Å²) in [6.45, 7) is 0.397. The third-order valence-electron chi connectivity index (χ3n) is 5.65. The van der Waals surface area contributed by atoms with E-state index in [2.05, 4.69) is 15.6 Å². The zero-order valence-electron chi connectivity index (χ0n) is 17.1. The van der Waals surface area contributed by atoms with Crippen molar-refractivity contribution in [2.45, 2.75) is 44.3 Å². The Morgan fingerprint density at radius 3 is 2.47 bits per heavy atom. The van der Waals surface area contributed by atoms with Crippen LogP contribution in [0.4, 0.5) is 11.4 Å². The number of nitrogens with zero attached hydrogens (tertiary/aromatic N) is 2. The molecule has 1 aromatic heterocycles. The van der Waals surface area contributed by atoms with E-state index in [-0.39, 0.29) is 35.4 Å². The highest BCUT2D eigenvalue weighted by atomic mass is 35.5. The van der Waals surface area contributed by atoms with Crippen LogP contribution in [0.15, 0.2) is 48.7 Å². The van der Waals surface area contributed by atoms with E-state index < -0.39 is 0 Å². The maximum atomic E-state index is 11.3. The Hall–Kier alpha value is -1.83. The number of nitrogens with one attached hydrogen (secondary N) is 2. The molecule has 4 rings (SSSR count). The molecule has 10 heteroatoms. The Balaban J connectivity index is 0.00000181. The summed E-state index contributed by atoms with van der Waals surface area (Å²) < 4.78 is 0. The second kappa shape index (κ2) is 11.9. The van der Waals surface area contributed by atoms with E-state index in [9.17, 15) is 10.1 Å². The summed E-state index contributed by atoms with van der Waals surface area (Å²) in [6.07, 6.45) is 5.81. The summed E-state index contributed by atoms with van der Waals surface area (Å²) in [5, 5.41) is 20.5. The van der Waals surface area contributed by atoms with Gasteiger partial charge in [0.1, 0.15) is 0 Å². The summed E-state index contributed by atoms with van der Waals surface area (Å²) in [6, 6.07) is 13.2. The molecule has 0 aliphatic heterocycles. The van der Waals surface area contributed by atoms with Crippen LogP contribution in [0.3, 0.4) is 0 Å². The SMILES string of the molecule is Cl.Cl.O=[N+]([O-])c1cccc(Cl)c1CNC1CCC(Nc2ccnc3cc(Cl)ccc23)CC1. The number of hydrogen-bond donors (Lipinski definition) is 2. The van der Waals surface area contributed by atoms with Crippen molar-refractivity contribution < 1.29 is 4.92 Å². The van der Waals surface area contributed by atoms with Gasteiger partial charge in [0.2, 0.25) is 0 Å². The zero-order valence-corrected chi connectivity index (χ0v) is 20.2. The molecule has 6 nitrogen and oxygen atoms in total. The number of aromatic nitrogens is 1. The quantitative estimate of drug-likeness (QED) is 0.277. The molecule has 2 aromatic carbocycles. The van der Waals surface area contributed by atoms with Gasteiger partial charge < -0.3 is 10.6 Å². The van der Waals surface area contributed by atoms with Gasteiger partial charge in [-0.1, -0.05) is 29.3 Å². The minimum absolute atomic E-state index is 0. The molecule has 0 bridgehead atoms. The van der Waals surface area contributed by atoms with Crippen molar-refractivity contribution in [3.8, 4) is 0 Å². The van der Waals surface area contributed by atoms with Crippen LogP contribution in [-0.2, 0) is 6.54 Å². The molecule has 1 fully saturated rings. The molecule has 0 spiro atoms. The molecule has 1 heterocycles. The van der Waals surface area contributed by atoms with Crippen LogP contribution >= 0.6 is 48.0 Å². The average Bonchev–Trinajstić information content (AvgIpc) is 2.73. The molecule has 1 saturated carbocycles. The maximum Gasteiger partial charge on any atom is 0.275 e. The molecule has 2 N–H and O–H groups in total. The molecule has 0 atom stereocenters. The highest BCUT2D eigenvalue weighted by molar-refractivity contribution is 6.31. The molecule has 172 valence electrons. The third kappa shape index (κ3) is 6.15. The van der Waals surface area contributed by atoms with E-state index in [1.54, 1.807) is 18.3 Å². The van der Waals surface area contributed by atoms with Gasteiger partial charge in [-0.3, -0.25) is 15.1 Å². The zero-order chi connectivity index (χ0) is 21.1. The van der Waals surface area contributed by atoms with Crippen molar-refractivity contribution in [2.24, 2.45) is 0 Å². The fourth-order valence-corrected chi connectivity index (χ4v) is 4.45. The smallest absolute Gasteiger partial charge is 0.275 e. The Morgan fingerprint density at radius 1 is 1.03 bits per heavy atom. The molecule has 0 radical (unpaired) electrons. The molecular formula is C22H24Cl4N4O2. The highest BCUT2D eigenvalue weighted by Gasteiger charge is 2.23. The standard InChI is InChI=1S/C22H22Cl2N4O2.2ClH/c23-14-4-9-17-20(10-11-25-21(17)12-14)27-16-7-5-15(6-8-16)26-13-18-19(24)2-1-3-22(18)28(29)30;;/h1-4,9-12,15-16,26H,5-8,13H2,(H,25,27);2*1H. The minimum Gasteiger partial charge on any atom is -0.382 e. The Bertz CT molecular complexity index is 1070. The molecule has 3 aromatic rings. The van der Waals surface area contributed by atoms with E-state index in [0.29, 0.717) is 34.2 Å². The normalized spacial score (nSPS) is 17.8. The molecular weight excluding hydrogens is 494 g/mol. The predicted octanol–water partition coefficient (Wildman–Crippen LogP) is 6.81. The van der Waals surface area contributed by atoms with Gasteiger partial charge in [0.25, 0.3) is 5.69 Å². The van der Waals surface area contributed by atoms with E-state index in [4.69, 9.17) is 23.2 Å². The van der Waals surface area contributed by atoms with Crippen LogP contribution in [0.25, 0.3) is 10.9 Å². The fourth-order valence-electron chi connectivity index (χ4n) is 4.05. The number of pyridine rings is 1. The topological polar surface area (TPSA) is 80.1 Å². The van der Waals surface area contributed by atoms with E-state index in [1.165, 1.54) is 6.07 Å². The minimum atomic E-state index is -0.379. The van der Waals surface area contributed by atoms with Crippen molar-refractivity contribution >= 4 is 70.3 Å². The van der Waals surface area contributed by atoms with Crippen LogP contribution in [0.2, 0.25) is 10.0 Å². The van der Waals surface area contributed by atoms with Crippen LogP contribution < -0.4 is 10.6 Å². The first kappa shape index (κ1) is 26.4. The molecule has 1 aliphatic rings. The third-order valence-corrected chi connectivity index (χ3v) is 6.24. The van der Waals surface area contributed by atoms with Crippen LogP contribution in [-0.4, -0.2) is 22.0 Å². The molecule has 0 unspecified atom stereocenters. The largest absolute Gasteiger partial charge is 0.382 e. The second-order valence-corrected chi connectivity index (χ2v) is 8.43. The van der Waals surface area contributed by atoms with Gasteiger partial charge in [-0.15, -0.1) is 24.8 Å². The van der Waals surface area contributed by atoms with Crippen molar-refractivity contribution in [3.05, 3.63) is 74.4 Å². The lowest BCUT2D eigenvalue weighted by Gasteiger charge is -2.30. The number of hydrogen-bond acceptors (Lipinski definition) is 5. The first-order valence-corrected chi connectivity index (χ1v) is 10.7. The van der Waals surface area contributed by atoms with Crippen LogP contribution in [0.1, 0.15) is 31.2 Å². The summed E-state index contributed by atoms with van der Waals surface area (Å²) in [5.74, 6) is 0. The number of nitro benzene ring substituents is 1. The van der Waals surface area contributed by atoms with Crippen molar-refractivity contribution in [1.29, 1.82) is 0 Å². The second-order valence-electron chi connectivity index (χ2n) is 7.59. The van der Waals surface area contributed by atoms with Crippen molar-refractivity contribution in [2.75, 3.05) is 5.32 Å². The monoisotopic (exact) mass is 516 g/mol. The lowest BCUT2D eigenvalue weighted by molar-refractivity contribution is -0.385. The summed E-state index contributed by atoms with van der Waals surface area (Å²) >= 11 is 12.3. The van der Waals surface area contributed by atoms with Crippen LogP contribution in [0, 0.1) is 10.1 Å². The summed E-state index contributed by atoms with van der Waals surface area (Å²) in [4.78, 5) is 15.3. The predicted molar refractivity (Wildman–Crippen MR) is 136 cm³/mol. The lowest BCUT2D eigenvalue weighted by Crippen LogP contribution is -2.36. The van der Waals surface area contributed by atoms with Crippen LogP contribution in [0.5, 0.6) is 0 Å². The van der Waals surface area contributed by atoms with Crippen molar-refractivity contribution in [3.63, 3.8) is 0 Å². The number of benzene rings is 2. The molecule has 32 heavy (non-hydrogen) atoms. The van der Waals surface area contributed by atoms with E-state index >= 15 is 0 Å². The number of rotatable bonds is 6. The lowest BCUT2D eigenvalue weighted by atomic mass is 9.90. The first-order valence-electron chi connectivity index (χ1n) is 9.97. The number of anilines is 1. The Labute approximate surface area is 209 Å². The van der Waals surface area contributed by atoms with Gasteiger partial charge in [0, 0.05) is 47.0 Å². The van der Waals surface area contributed by atoms with Gasteiger partial charge in [0.15, 0.2) is 0 Å². The molecule has 1 aliphatic carbocycles. The van der Waals surface area contributed by atoms with E-state index in [1.807, 2.05) is 24.3 Å². The number of nitro groups is 1. The van der Waals surface area contributed by atoms with Gasteiger partial charge in [-0.2, -0.15) is 0 Å². The fraction of sp³-hybridized carbons (Fsp3) is 0.318. The first-order chi connectivity index (χ1) is 14.5. The van der Waals surface area contributed by atoms with Gasteiger partial charge in [-0.25, -0.2) is 0 Å². The maximum absolute atomic E-state index is 11.3. The van der Waals surface area contributed by atoms with E-state index in [0.717, 1.165) is 42.3 Å². The Kier molecular flexibility index (Phi) is 9.80. The van der Waals surface area contributed by atoms with Gasteiger partial charge in [-0.05, 0) is 56.0 Å². The number of halogens is 4. The molecule has 0 saturated heterocycles. The highest BCUT2D eigenvalue weighted by Crippen LogP contribution is 2.29. The van der Waals surface area contributed by atoms with Gasteiger partial charge in [0.05, 0.1) is 21.0 Å². The number of fused-ring (bicyclic) bond motifs is 1. The molecule has 0 amide bonds. The summed E-state index contributed by atoms with van der Waals surface area (Å²) in [5.41, 5.74) is 2.56. The Morgan fingerprint density at radius 2 is 1.75 bits per heavy atom. The average molecular weight is 518 g/mol.